The van der Waals surface area contributed by atoms with Crippen molar-refractivity contribution in [3.63, 3.8) is 0 Å². The minimum atomic E-state index is -4.15. The van der Waals surface area contributed by atoms with Gasteiger partial charge < -0.3 is 20.0 Å². The zero-order valence-electron chi connectivity index (χ0n) is 54.5. The maximum atomic E-state index is 13.9. The zero-order valence-corrected chi connectivity index (χ0v) is 57.8. The van der Waals surface area contributed by atoms with Crippen LogP contribution < -0.4 is 46.7 Å². The molecule has 3 aromatic heterocycles. The summed E-state index contributed by atoms with van der Waals surface area (Å²) in [6.07, 6.45) is 5.73. The summed E-state index contributed by atoms with van der Waals surface area (Å²) < 4.78 is 73.0. The first-order valence-electron chi connectivity index (χ1n) is 31.2. The number of nitrogens with zero attached hydrogens (tertiary/aromatic N) is 10. The molecule has 10 rings (SSSR count). The topological polar surface area (TPSA) is 351 Å². The number of aliphatic imine (C=N–C) groups is 1. The van der Waals surface area contributed by atoms with E-state index in [1.807, 2.05) is 79.7 Å². The van der Waals surface area contributed by atoms with E-state index < -0.39 is 38.0 Å². The predicted molar refractivity (Wildman–Crippen MR) is 379 cm³/mol. The molecule has 0 radical (unpaired) electrons. The molecule has 0 spiro atoms. The van der Waals surface area contributed by atoms with E-state index in [1.165, 1.54) is 36.9 Å². The number of sulfonamides is 2. The number of hydrogen-bond acceptors (Lipinski definition) is 21. The zero-order chi connectivity index (χ0) is 70.8. The van der Waals surface area contributed by atoms with Crippen molar-refractivity contribution in [2.45, 2.75) is 89.6 Å². The van der Waals surface area contributed by atoms with E-state index in [0.29, 0.717) is 69.5 Å². The van der Waals surface area contributed by atoms with Crippen LogP contribution in [0.15, 0.2) is 197 Å². The first kappa shape index (κ1) is 71.7. The Morgan fingerprint density at radius 1 is 0.620 bits per heavy atom. The van der Waals surface area contributed by atoms with Gasteiger partial charge in [0.25, 0.3) is 26.0 Å². The number of nitrogens with one attached hydrogen (secondary N) is 8. The monoisotopic (exact) mass is 1430 g/mol. The third-order valence-corrected chi connectivity index (χ3v) is 19.2. The van der Waals surface area contributed by atoms with Crippen molar-refractivity contribution in [1.82, 2.24) is 56.1 Å². The Kier molecular flexibility index (Phi) is 24.0. The van der Waals surface area contributed by atoms with Crippen LogP contribution in [-0.2, 0) is 70.5 Å². The average Bonchev–Trinajstić information content (AvgIpc) is 1.13. The van der Waals surface area contributed by atoms with Gasteiger partial charge in [0.05, 0.1) is 44.7 Å². The van der Waals surface area contributed by atoms with E-state index in [4.69, 9.17) is 38.8 Å². The summed E-state index contributed by atoms with van der Waals surface area (Å²) in [6.45, 7) is 7.57. The van der Waals surface area contributed by atoms with Gasteiger partial charge in [0.15, 0.2) is 19.1 Å². The molecule has 0 aliphatic heterocycles. The number of tetrazole rings is 2. The molecule has 0 aliphatic carbocycles. The van der Waals surface area contributed by atoms with Crippen LogP contribution in [0.5, 0.6) is 0 Å². The summed E-state index contributed by atoms with van der Waals surface area (Å²) in [5, 5.41) is 29.7. The summed E-state index contributed by atoms with van der Waals surface area (Å²) in [6, 6.07) is 48.2. The van der Waals surface area contributed by atoms with Gasteiger partial charge in [-0.15, -0.1) is 0 Å². The Balaban J connectivity index is 0.611. The molecule has 0 unspecified atom stereocenters. The third kappa shape index (κ3) is 19.0. The normalized spacial score (nSPS) is 11.6. The third-order valence-electron chi connectivity index (χ3n) is 15.4. The molecule has 33 heteroatoms. The van der Waals surface area contributed by atoms with Crippen molar-refractivity contribution >= 4 is 96.8 Å². The van der Waals surface area contributed by atoms with Gasteiger partial charge >= 0.3 is 12.1 Å². The molecule has 7 aromatic carbocycles. The Bertz CT molecular complexity index is 4940. The molecular formula is C67H71N18O11S4+. The number of aliphatic hydroxyl groups excluding tert-OH is 1. The number of hydroxylamine groups is 1. The SMILES string of the molecule is Cc1ccc(S(=O)(=O)Nc2ccc(NNC(=O)OCn3nnn(-c4ccccc4)c3=S)cc2)c(C)c1NC(=O)C[n+]1cccc(C(O)=NCCCCCCNOCc2cccc(-c3c(C)ccc(S(=O)(=O)Nc4ccc(NNOC(=O)Cn5nnn(-c6ccccc6)c5=S)cc4)c3C)c2)c1. The summed E-state index contributed by atoms with van der Waals surface area (Å²) in [4.78, 5) is 53.8. The van der Waals surface area contributed by atoms with E-state index in [9.17, 15) is 36.3 Å². The van der Waals surface area contributed by atoms with E-state index in [-0.39, 0.29) is 57.3 Å². The van der Waals surface area contributed by atoms with E-state index in [2.05, 4.69) is 68.0 Å². The fourth-order valence-corrected chi connectivity index (χ4v) is 13.5. The second kappa shape index (κ2) is 33.5. The number of unbranched alkanes of at least 4 members (excludes halogenated alkanes) is 3. The van der Waals surface area contributed by atoms with Gasteiger partial charge in [-0.3, -0.25) is 34.9 Å². The molecule has 0 aliphatic rings. The molecule has 100 heavy (non-hydrogen) atoms. The van der Waals surface area contributed by atoms with Crippen molar-refractivity contribution < 1.29 is 55.3 Å². The van der Waals surface area contributed by atoms with Crippen LogP contribution in [0.1, 0.15) is 59.1 Å². The molecular weight excluding hydrogens is 1360 g/mol. The van der Waals surface area contributed by atoms with E-state index >= 15 is 0 Å². The second-order valence-corrected chi connectivity index (χ2v) is 26.7. The van der Waals surface area contributed by atoms with Crippen molar-refractivity contribution in [2.75, 3.05) is 38.7 Å². The number of para-hydroxylation sites is 2. The number of pyridine rings is 1. The fraction of sp³-hybridized carbons (Fsp3) is 0.209. The number of carbonyl (C=O) groups excluding carboxylic acids is 3. The molecule has 29 nitrogen and oxygen atoms in total. The van der Waals surface area contributed by atoms with Crippen LogP contribution in [0.4, 0.5) is 33.2 Å². The molecule has 9 N–H and O–H groups in total. The van der Waals surface area contributed by atoms with Gasteiger partial charge in [-0.05, 0) is 222 Å². The number of hydrogen-bond donors (Lipinski definition) is 9. The van der Waals surface area contributed by atoms with Gasteiger partial charge in [-0.25, -0.2) is 42.0 Å². The number of amides is 2. The summed E-state index contributed by atoms with van der Waals surface area (Å²) >= 11 is 10.8. The lowest BCUT2D eigenvalue weighted by molar-refractivity contribution is -0.684. The van der Waals surface area contributed by atoms with Crippen molar-refractivity contribution in [1.29, 1.82) is 0 Å². The lowest BCUT2D eigenvalue weighted by atomic mass is 9.95. The fourth-order valence-electron chi connectivity index (χ4n) is 10.4. The summed E-state index contributed by atoms with van der Waals surface area (Å²) in [5.74, 6) is -1.30. The molecule has 0 saturated carbocycles. The molecule has 0 bridgehead atoms. The average molecular weight is 1430 g/mol. The standard InChI is InChI=1S/C67H70N18O11S4/c1-45-24-34-58(99(90,91)74-55-32-28-53(29-33-55)72-80-96-61(87)42-82-66(97)84(78-76-82)56-20-9-7-10-21-56)47(3)62(45)50-18-15-17-49(39-50)43-95-69-37-14-6-5-13-36-68-64(88)51-19-16-38-81(40-51)41-60(86)70-63-46(2)25-35-59(48(63)4)100(92,93)75-54-30-26-52(27-31-54)71-73-65(89)94-44-83-67(98)85(79-77-83)57-22-11-8-12-23-57/h7-12,15-35,38-40,69,80H,5-6,13-14,36-37,41-44H2,1-4H3,(H6-,68,70,71,72,73,74,75,76,77,78,79,86,88,89)/p+1. The van der Waals surface area contributed by atoms with E-state index in [0.717, 1.165) is 47.9 Å². The molecule has 0 saturated heterocycles. The van der Waals surface area contributed by atoms with Crippen LogP contribution in [0.25, 0.3) is 22.5 Å². The highest BCUT2D eigenvalue weighted by Crippen LogP contribution is 2.34. The highest BCUT2D eigenvalue weighted by Gasteiger charge is 2.24. The lowest BCUT2D eigenvalue weighted by Gasteiger charge is -2.17. The number of carbonyl (C=O) groups is 3. The number of anilines is 5. The predicted octanol–water partition coefficient (Wildman–Crippen LogP) is 9.71. The molecule has 0 atom stereocenters. The van der Waals surface area contributed by atoms with Gasteiger partial charge in [-0.1, -0.05) is 85.2 Å². The number of benzene rings is 7. The summed E-state index contributed by atoms with van der Waals surface area (Å²) in [7, 11) is -8.19. The van der Waals surface area contributed by atoms with Crippen LogP contribution in [0, 0.1) is 37.2 Å². The number of ether oxygens (including phenoxy) is 1. The van der Waals surface area contributed by atoms with Crippen LogP contribution in [0.3, 0.4) is 0 Å². The molecule has 10 aromatic rings. The lowest BCUT2D eigenvalue weighted by Crippen LogP contribution is -2.40. The molecule has 518 valence electrons. The van der Waals surface area contributed by atoms with Crippen LogP contribution in [-0.4, -0.2) is 98.5 Å². The Labute approximate surface area is 585 Å². The highest BCUT2D eigenvalue weighted by molar-refractivity contribution is 7.93. The number of rotatable bonds is 32. The molecule has 2 amide bonds. The van der Waals surface area contributed by atoms with Crippen molar-refractivity contribution in [3.8, 4) is 22.5 Å². The number of aromatic nitrogens is 9. The molecule has 3 heterocycles. The Morgan fingerprint density at radius 2 is 1.21 bits per heavy atom. The van der Waals surface area contributed by atoms with Gasteiger partial charge in [0, 0.05) is 36.2 Å². The largest absolute Gasteiger partial charge is 0.493 e. The first-order chi connectivity index (χ1) is 48.2. The number of aliphatic hydroxyl groups is 1. The first-order valence-corrected chi connectivity index (χ1v) is 35.0. The minimum absolute atomic E-state index is 0.0513. The second-order valence-electron chi connectivity index (χ2n) is 22.6. The van der Waals surface area contributed by atoms with Gasteiger partial charge in [0.1, 0.15) is 6.54 Å². The molecule has 0 fully saturated rings. The van der Waals surface area contributed by atoms with Crippen molar-refractivity contribution in [2.24, 2.45) is 4.99 Å². The van der Waals surface area contributed by atoms with E-state index in [1.54, 1.807) is 117 Å². The Morgan fingerprint density at radius 3 is 1.87 bits per heavy atom. The smallest absolute Gasteiger partial charge is 0.427 e. The van der Waals surface area contributed by atoms with Crippen molar-refractivity contribution in [3.05, 3.63) is 225 Å². The van der Waals surface area contributed by atoms with Crippen LogP contribution in [0.2, 0.25) is 0 Å². The van der Waals surface area contributed by atoms with Gasteiger partial charge in [0.2, 0.25) is 22.0 Å². The maximum Gasteiger partial charge on any atom is 0.427 e. The Hall–Kier alpha value is -11.1. The maximum absolute atomic E-state index is 13.9. The number of hydrazine groups is 2. The minimum Gasteiger partial charge on any atom is -0.493 e. The quantitative estimate of drug-likeness (QED) is 0.00473. The van der Waals surface area contributed by atoms with Crippen LogP contribution >= 0.6 is 24.4 Å². The summed E-state index contributed by atoms with van der Waals surface area (Å²) in [5.41, 5.74) is 21.8. The highest BCUT2D eigenvalue weighted by atomic mass is 32.2. The van der Waals surface area contributed by atoms with Gasteiger partial charge in [-0.2, -0.15) is 18.6 Å². The number of aryl methyl sites for hydroxylation is 2.